The highest BCUT2D eigenvalue weighted by Crippen LogP contribution is 2.24. The summed E-state index contributed by atoms with van der Waals surface area (Å²) in [5.41, 5.74) is 7.16. The molecular formula is C34H42N4O2. The fourth-order valence-corrected chi connectivity index (χ4v) is 5.45. The standard InChI is InChI=1S/C34H42N4O2/c1-4-36(17-8-18-37-19-21-38(22-20-37)34-16-11-27(2)23-28(34)3)25-32-24-33(35-40-32)30-12-14-31(15-13-30)39-26-29-9-6-5-7-10-29/h5-7,9-16,23-24H,4,8,17-22,25-26H2,1-3H3. The molecule has 0 unspecified atom stereocenters. The summed E-state index contributed by atoms with van der Waals surface area (Å²) in [7, 11) is 0. The van der Waals surface area contributed by atoms with E-state index in [9.17, 15) is 0 Å². The van der Waals surface area contributed by atoms with Gasteiger partial charge in [0, 0.05) is 43.5 Å². The molecule has 0 aliphatic carbocycles. The Morgan fingerprint density at radius 2 is 1.68 bits per heavy atom. The van der Waals surface area contributed by atoms with Crippen LogP contribution >= 0.6 is 0 Å². The van der Waals surface area contributed by atoms with Gasteiger partial charge in [-0.15, -0.1) is 0 Å². The van der Waals surface area contributed by atoms with Crippen molar-refractivity contribution in [1.29, 1.82) is 0 Å². The molecule has 0 amide bonds. The molecule has 0 saturated carbocycles. The first-order valence-corrected chi connectivity index (χ1v) is 14.6. The van der Waals surface area contributed by atoms with Crippen LogP contribution in [0, 0.1) is 13.8 Å². The Bertz CT molecular complexity index is 1330. The number of piperazine rings is 1. The van der Waals surface area contributed by atoms with E-state index in [0.717, 1.165) is 87.1 Å². The second-order valence-corrected chi connectivity index (χ2v) is 10.8. The van der Waals surface area contributed by atoms with Gasteiger partial charge < -0.3 is 14.2 Å². The maximum Gasteiger partial charge on any atom is 0.151 e. The first-order chi connectivity index (χ1) is 19.6. The minimum atomic E-state index is 0.560. The van der Waals surface area contributed by atoms with E-state index in [0.29, 0.717) is 6.61 Å². The lowest BCUT2D eigenvalue weighted by Crippen LogP contribution is -2.47. The third-order valence-corrected chi connectivity index (χ3v) is 7.80. The van der Waals surface area contributed by atoms with Crippen LogP contribution in [0.15, 0.2) is 83.4 Å². The molecule has 1 aliphatic rings. The predicted molar refractivity (Wildman–Crippen MR) is 163 cm³/mol. The molecule has 0 atom stereocenters. The molecule has 1 fully saturated rings. The van der Waals surface area contributed by atoms with Gasteiger partial charge in [-0.2, -0.15) is 0 Å². The van der Waals surface area contributed by atoms with Crippen molar-refractivity contribution in [1.82, 2.24) is 15.0 Å². The number of aromatic nitrogens is 1. The summed E-state index contributed by atoms with van der Waals surface area (Å²) >= 11 is 0. The zero-order valence-electron chi connectivity index (χ0n) is 24.2. The van der Waals surface area contributed by atoms with Gasteiger partial charge in [0.15, 0.2) is 5.76 Å². The smallest absolute Gasteiger partial charge is 0.151 e. The number of ether oxygens (including phenoxy) is 1. The van der Waals surface area contributed by atoms with Crippen molar-refractivity contribution in [2.24, 2.45) is 0 Å². The van der Waals surface area contributed by atoms with Gasteiger partial charge in [-0.3, -0.25) is 9.80 Å². The fraction of sp³-hybridized carbons (Fsp3) is 0.382. The SMILES string of the molecule is CCN(CCCN1CCN(c2ccc(C)cc2C)CC1)Cc1cc(-c2ccc(OCc3ccccc3)cc2)no1. The molecule has 1 aliphatic heterocycles. The van der Waals surface area contributed by atoms with Crippen LogP contribution in [0.2, 0.25) is 0 Å². The Balaban J connectivity index is 1.05. The van der Waals surface area contributed by atoms with Gasteiger partial charge >= 0.3 is 0 Å². The van der Waals surface area contributed by atoms with Gasteiger partial charge in [-0.25, -0.2) is 0 Å². The maximum atomic E-state index is 5.91. The lowest BCUT2D eigenvalue weighted by Gasteiger charge is -2.37. The molecule has 1 aromatic heterocycles. The molecule has 0 N–H and O–H groups in total. The highest BCUT2D eigenvalue weighted by molar-refractivity contribution is 5.60. The van der Waals surface area contributed by atoms with Gasteiger partial charge in [0.05, 0.1) is 6.54 Å². The molecule has 0 radical (unpaired) electrons. The van der Waals surface area contributed by atoms with Crippen LogP contribution in [-0.4, -0.2) is 60.8 Å². The van der Waals surface area contributed by atoms with E-state index in [-0.39, 0.29) is 0 Å². The number of rotatable bonds is 12. The average molecular weight is 539 g/mol. The minimum absolute atomic E-state index is 0.560. The molecule has 2 heterocycles. The summed E-state index contributed by atoms with van der Waals surface area (Å²) in [5, 5.41) is 4.34. The van der Waals surface area contributed by atoms with E-state index in [4.69, 9.17) is 9.26 Å². The molecule has 3 aromatic carbocycles. The molecular weight excluding hydrogens is 496 g/mol. The van der Waals surface area contributed by atoms with Crippen LogP contribution in [0.5, 0.6) is 5.75 Å². The predicted octanol–water partition coefficient (Wildman–Crippen LogP) is 6.57. The van der Waals surface area contributed by atoms with Gasteiger partial charge in [-0.1, -0.05) is 60.1 Å². The Hall–Kier alpha value is -3.61. The summed E-state index contributed by atoms with van der Waals surface area (Å²) in [5.74, 6) is 1.75. The monoisotopic (exact) mass is 538 g/mol. The normalized spacial score (nSPS) is 14.2. The summed E-state index contributed by atoms with van der Waals surface area (Å²) in [6.45, 7) is 15.6. The molecule has 5 rings (SSSR count). The van der Waals surface area contributed by atoms with Crippen molar-refractivity contribution in [2.75, 3.05) is 50.7 Å². The maximum absolute atomic E-state index is 5.91. The fourth-order valence-electron chi connectivity index (χ4n) is 5.45. The van der Waals surface area contributed by atoms with E-state index in [1.54, 1.807) is 0 Å². The number of benzene rings is 3. The second-order valence-electron chi connectivity index (χ2n) is 10.8. The van der Waals surface area contributed by atoms with Gasteiger partial charge in [0.2, 0.25) is 0 Å². The summed E-state index contributed by atoms with van der Waals surface area (Å²) in [6, 6.07) is 27.1. The van der Waals surface area contributed by atoms with Gasteiger partial charge in [0.25, 0.3) is 0 Å². The first kappa shape index (κ1) is 27.9. The highest BCUT2D eigenvalue weighted by atomic mass is 16.5. The van der Waals surface area contributed by atoms with E-state index < -0.39 is 0 Å². The average Bonchev–Trinajstić information content (AvgIpc) is 3.45. The topological polar surface area (TPSA) is 45.0 Å². The van der Waals surface area contributed by atoms with Gasteiger partial charge in [-0.05, 0) is 81.4 Å². The molecule has 4 aromatic rings. The van der Waals surface area contributed by atoms with Crippen molar-refractivity contribution >= 4 is 5.69 Å². The molecule has 6 heteroatoms. The van der Waals surface area contributed by atoms with E-state index in [1.807, 2.05) is 42.5 Å². The third-order valence-electron chi connectivity index (χ3n) is 7.80. The lowest BCUT2D eigenvalue weighted by molar-refractivity contribution is 0.206. The second kappa shape index (κ2) is 13.6. The first-order valence-electron chi connectivity index (χ1n) is 14.6. The highest BCUT2D eigenvalue weighted by Gasteiger charge is 2.18. The molecule has 1 saturated heterocycles. The van der Waals surface area contributed by atoms with Crippen LogP contribution in [0.4, 0.5) is 5.69 Å². The largest absolute Gasteiger partial charge is 0.489 e. The number of aryl methyl sites for hydroxylation is 2. The summed E-state index contributed by atoms with van der Waals surface area (Å²) in [4.78, 5) is 7.58. The molecule has 210 valence electrons. The van der Waals surface area contributed by atoms with E-state index in [1.165, 1.54) is 16.8 Å². The van der Waals surface area contributed by atoms with Crippen LogP contribution < -0.4 is 9.64 Å². The van der Waals surface area contributed by atoms with Crippen LogP contribution in [0.1, 0.15) is 35.8 Å². The molecule has 0 spiro atoms. The van der Waals surface area contributed by atoms with Gasteiger partial charge in [0.1, 0.15) is 18.1 Å². The van der Waals surface area contributed by atoms with Crippen molar-refractivity contribution in [3.8, 4) is 17.0 Å². The Labute approximate surface area is 239 Å². The third kappa shape index (κ3) is 7.52. The van der Waals surface area contributed by atoms with Crippen molar-refractivity contribution < 1.29 is 9.26 Å². The molecule has 40 heavy (non-hydrogen) atoms. The van der Waals surface area contributed by atoms with Crippen LogP contribution in [0.3, 0.4) is 0 Å². The lowest BCUT2D eigenvalue weighted by atomic mass is 10.1. The Morgan fingerprint density at radius 1 is 0.900 bits per heavy atom. The number of hydrogen-bond acceptors (Lipinski definition) is 6. The minimum Gasteiger partial charge on any atom is -0.489 e. The van der Waals surface area contributed by atoms with E-state index in [2.05, 4.69) is 77.0 Å². The number of anilines is 1. The van der Waals surface area contributed by atoms with E-state index >= 15 is 0 Å². The van der Waals surface area contributed by atoms with Crippen molar-refractivity contribution in [3.05, 3.63) is 101 Å². The zero-order valence-corrected chi connectivity index (χ0v) is 24.2. The Kier molecular flexibility index (Phi) is 9.53. The molecule has 0 bridgehead atoms. The summed E-state index contributed by atoms with van der Waals surface area (Å²) in [6.07, 6.45) is 1.16. The number of hydrogen-bond donors (Lipinski definition) is 0. The molecule has 6 nitrogen and oxygen atoms in total. The van der Waals surface area contributed by atoms with Crippen LogP contribution in [-0.2, 0) is 13.2 Å². The number of nitrogens with zero attached hydrogens (tertiary/aromatic N) is 4. The zero-order chi connectivity index (χ0) is 27.7. The quantitative estimate of drug-likeness (QED) is 0.203. The van der Waals surface area contributed by atoms with Crippen LogP contribution in [0.25, 0.3) is 11.3 Å². The van der Waals surface area contributed by atoms with Crippen molar-refractivity contribution in [2.45, 2.75) is 40.3 Å². The summed E-state index contributed by atoms with van der Waals surface area (Å²) < 4.78 is 11.6. The van der Waals surface area contributed by atoms with Crippen molar-refractivity contribution in [3.63, 3.8) is 0 Å². The Morgan fingerprint density at radius 3 is 2.40 bits per heavy atom.